The van der Waals surface area contributed by atoms with E-state index in [4.69, 9.17) is 4.98 Å². The third-order valence-electron chi connectivity index (χ3n) is 6.46. The summed E-state index contributed by atoms with van der Waals surface area (Å²) in [5, 5.41) is 9.42. The molecule has 6 heteroatoms. The van der Waals surface area contributed by atoms with Crippen LogP contribution in [0.3, 0.4) is 0 Å². The minimum atomic E-state index is -0.0104. The number of benzene rings is 4. The standard InChI is InChI=1S/C31H24N4OS/c36-28(35-26-17-9-7-11-22(26)19-20-23-12-8-10-18-27(23)35)21-37-31-32-29(24-13-3-1-4-14-24)30(33-34-31)25-15-5-2-6-16-25/h1-18H,19-21H2. The minimum absolute atomic E-state index is 0.0104. The molecule has 4 aromatic carbocycles. The highest BCUT2D eigenvalue weighted by Gasteiger charge is 2.26. The fourth-order valence-electron chi connectivity index (χ4n) is 4.70. The molecule has 0 atom stereocenters. The van der Waals surface area contributed by atoms with Crippen LogP contribution in [0.1, 0.15) is 11.1 Å². The van der Waals surface area contributed by atoms with E-state index in [1.807, 2.05) is 102 Å². The van der Waals surface area contributed by atoms with Crippen molar-refractivity contribution in [3.8, 4) is 22.5 Å². The number of fused-ring (bicyclic) bond motifs is 2. The van der Waals surface area contributed by atoms with Gasteiger partial charge in [0.2, 0.25) is 11.1 Å². The van der Waals surface area contributed by atoms with Gasteiger partial charge in [0.25, 0.3) is 0 Å². The van der Waals surface area contributed by atoms with Crippen LogP contribution in [0, 0.1) is 0 Å². The van der Waals surface area contributed by atoms with Gasteiger partial charge in [-0.3, -0.25) is 9.69 Å². The minimum Gasteiger partial charge on any atom is -0.280 e. The Balaban J connectivity index is 1.32. The monoisotopic (exact) mass is 500 g/mol. The first-order valence-corrected chi connectivity index (χ1v) is 13.2. The molecule has 1 aromatic heterocycles. The Bertz CT molecular complexity index is 1510. The second-order valence-electron chi connectivity index (χ2n) is 8.80. The Hall–Kier alpha value is -4.29. The molecule has 1 amide bonds. The van der Waals surface area contributed by atoms with Crippen LogP contribution in [0.5, 0.6) is 0 Å². The molecule has 6 rings (SSSR count). The molecule has 0 unspecified atom stereocenters. The van der Waals surface area contributed by atoms with Crippen molar-refractivity contribution in [3.63, 3.8) is 0 Å². The van der Waals surface area contributed by atoms with Crippen LogP contribution in [0.25, 0.3) is 22.5 Å². The second-order valence-corrected chi connectivity index (χ2v) is 9.74. The lowest BCUT2D eigenvalue weighted by molar-refractivity contribution is -0.115. The predicted molar refractivity (Wildman–Crippen MR) is 149 cm³/mol. The van der Waals surface area contributed by atoms with Gasteiger partial charge in [-0.15, -0.1) is 10.2 Å². The van der Waals surface area contributed by atoms with Gasteiger partial charge in [0.1, 0.15) is 11.4 Å². The summed E-state index contributed by atoms with van der Waals surface area (Å²) in [6.07, 6.45) is 1.80. The third kappa shape index (κ3) is 4.76. The molecule has 5 aromatic rings. The molecule has 37 heavy (non-hydrogen) atoms. The molecule has 0 saturated carbocycles. The van der Waals surface area contributed by atoms with Crippen molar-refractivity contribution < 1.29 is 4.79 Å². The lowest BCUT2D eigenvalue weighted by atomic mass is 10.0. The molecule has 0 N–H and O–H groups in total. The van der Waals surface area contributed by atoms with Gasteiger partial charge in [0.05, 0.1) is 17.1 Å². The first kappa shape index (κ1) is 23.1. The predicted octanol–water partition coefficient (Wildman–Crippen LogP) is 6.76. The Morgan fingerprint density at radius 2 is 1.16 bits per heavy atom. The number of aryl methyl sites for hydroxylation is 2. The molecule has 0 spiro atoms. The van der Waals surface area contributed by atoms with E-state index in [-0.39, 0.29) is 11.7 Å². The summed E-state index contributed by atoms with van der Waals surface area (Å²) >= 11 is 1.32. The van der Waals surface area contributed by atoms with Crippen LogP contribution >= 0.6 is 11.8 Å². The van der Waals surface area contributed by atoms with Crippen molar-refractivity contribution in [1.29, 1.82) is 0 Å². The average molecular weight is 501 g/mol. The number of carbonyl (C=O) groups excluding carboxylic acids is 1. The van der Waals surface area contributed by atoms with Crippen molar-refractivity contribution in [3.05, 3.63) is 120 Å². The van der Waals surface area contributed by atoms with Gasteiger partial charge >= 0.3 is 0 Å². The number of para-hydroxylation sites is 2. The summed E-state index contributed by atoms with van der Waals surface area (Å²) < 4.78 is 0. The van der Waals surface area contributed by atoms with Crippen LogP contribution in [0.15, 0.2) is 114 Å². The lowest BCUT2D eigenvalue weighted by Gasteiger charge is -2.24. The zero-order chi connectivity index (χ0) is 25.0. The molecule has 0 saturated heterocycles. The van der Waals surface area contributed by atoms with E-state index in [9.17, 15) is 4.79 Å². The lowest BCUT2D eigenvalue weighted by Crippen LogP contribution is -2.28. The van der Waals surface area contributed by atoms with Crippen molar-refractivity contribution in [2.75, 3.05) is 10.7 Å². The Kier molecular flexibility index (Phi) is 6.48. The molecular weight excluding hydrogens is 476 g/mol. The highest BCUT2D eigenvalue weighted by molar-refractivity contribution is 7.99. The van der Waals surface area contributed by atoms with Crippen LogP contribution in [0.4, 0.5) is 11.4 Å². The normalized spacial score (nSPS) is 12.4. The topological polar surface area (TPSA) is 59.0 Å². The Morgan fingerprint density at radius 1 is 0.649 bits per heavy atom. The van der Waals surface area contributed by atoms with Crippen LogP contribution in [-0.4, -0.2) is 26.8 Å². The molecule has 0 fully saturated rings. The SMILES string of the molecule is O=C(CSc1nnc(-c2ccccc2)c(-c2ccccc2)n1)N1c2ccccc2CCc2ccccc21. The maximum Gasteiger partial charge on any atom is 0.242 e. The van der Waals surface area contributed by atoms with E-state index >= 15 is 0 Å². The molecule has 5 nitrogen and oxygen atoms in total. The first-order valence-electron chi connectivity index (χ1n) is 12.2. The van der Waals surface area contributed by atoms with E-state index in [1.165, 1.54) is 22.9 Å². The highest BCUT2D eigenvalue weighted by atomic mass is 32.2. The number of aromatic nitrogens is 3. The number of hydrogen-bond donors (Lipinski definition) is 0. The first-order chi connectivity index (χ1) is 18.3. The summed E-state index contributed by atoms with van der Waals surface area (Å²) in [5.74, 6) is 0.187. The van der Waals surface area contributed by atoms with Gasteiger partial charge < -0.3 is 0 Å². The van der Waals surface area contributed by atoms with Gasteiger partial charge in [-0.1, -0.05) is 109 Å². The number of anilines is 2. The van der Waals surface area contributed by atoms with E-state index in [2.05, 4.69) is 22.3 Å². The van der Waals surface area contributed by atoms with Gasteiger partial charge in [-0.05, 0) is 36.1 Å². The average Bonchev–Trinajstić information content (AvgIpc) is 3.14. The highest BCUT2D eigenvalue weighted by Crippen LogP contribution is 2.37. The maximum atomic E-state index is 13.7. The van der Waals surface area contributed by atoms with Crippen LogP contribution < -0.4 is 4.90 Å². The summed E-state index contributed by atoms with van der Waals surface area (Å²) in [6, 6.07) is 36.2. The number of carbonyl (C=O) groups is 1. The molecule has 0 bridgehead atoms. The maximum absolute atomic E-state index is 13.7. The number of thioether (sulfide) groups is 1. The smallest absolute Gasteiger partial charge is 0.242 e. The summed E-state index contributed by atoms with van der Waals surface area (Å²) in [4.78, 5) is 20.4. The molecule has 1 aliphatic rings. The Labute approximate surface area is 220 Å². The molecule has 0 radical (unpaired) electrons. The van der Waals surface area contributed by atoms with Gasteiger partial charge in [0, 0.05) is 11.1 Å². The fourth-order valence-corrected chi connectivity index (χ4v) is 5.34. The summed E-state index contributed by atoms with van der Waals surface area (Å²) in [6.45, 7) is 0. The summed E-state index contributed by atoms with van der Waals surface area (Å²) in [5.41, 5.74) is 7.62. The van der Waals surface area contributed by atoms with Gasteiger partial charge in [-0.2, -0.15) is 0 Å². The van der Waals surface area contributed by atoms with Crippen molar-refractivity contribution in [2.24, 2.45) is 0 Å². The number of amides is 1. The van der Waals surface area contributed by atoms with Crippen molar-refractivity contribution in [2.45, 2.75) is 18.0 Å². The van der Waals surface area contributed by atoms with Crippen LogP contribution in [-0.2, 0) is 17.6 Å². The van der Waals surface area contributed by atoms with E-state index in [0.717, 1.165) is 46.7 Å². The zero-order valence-electron chi connectivity index (χ0n) is 20.1. The third-order valence-corrected chi connectivity index (χ3v) is 7.29. The van der Waals surface area contributed by atoms with Crippen LogP contribution in [0.2, 0.25) is 0 Å². The fraction of sp³-hybridized carbons (Fsp3) is 0.0968. The van der Waals surface area contributed by atoms with Crippen molar-refractivity contribution in [1.82, 2.24) is 15.2 Å². The molecule has 1 aliphatic heterocycles. The van der Waals surface area contributed by atoms with E-state index < -0.39 is 0 Å². The quantitative estimate of drug-likeness (QED) is 0.250. The second kappa shape index (κ2) is 10.4. The summed E-state index contributed by atoms with van der Waals surface area (Å²) in [7, 11) is 0. The van der Waals surface area contributed by atoms with E-state index in [0.29, 0.717) is 5.16 Å². The number of rotatable bonds is 5. The molecule has 2 heterocycles. The van der Waals surface area contributed by atoms with E-state index in [1.54, 1.807) is 0 Å². The molecule has 180 valence electrons. The zero-order valence-corrected chi connectivity index (χ0v) is 20.9. The molecule has 0 aliphatic carbocycles. The van der Waals surface area contributed by atoms with Gasteiger partial charge in [-0.25, -0.2) is 4.98 Å². The largest absolute Gasteiger partial charge is 0.280 e. The molecular formula is C31H24N4OS. The number of nitrogens with zero attached hydrogens (tertiary/aromatic N) is 4. The van der Waals surface area contributed by atoms with Gasteiger partial charge in [0.15, 0.2) is 0 Å². The Morgan fingerprint density at radius 3 is 1.76 bits per heavy atom. The van der Waals surface area contributed by atoms with Crippen molar-refractivity contribution >= 4 is 29.0 Å². The number of hydrogen-bond acceptors (Lipinski definition) is 5.